The molecular formula is C33H32BrClF2N4O3S. The van der Waals surface area contributed by atoms with Gasteiger partial charge in [-0.3, -0.25) is 14.5 Å². The highest BCUT2D eigenvalue weighted by molar-refractivity contribution is 9.10. The molecule has 3 aromatic carbocycles. The quantitative estimate of drug-likeness (QED) is 0.179. The summed E-state index contributed by atoms with van der Waals surface area (Å²) in [4.78, 5) is 36.2. The maximum Gasteiger partial charge on any atom is 0.239 e. The second kappa shape index (κ2) is 13.8. The molecule has 0 saturated carbocycles. The fourth-order valence-corrected chi connectivity index (χ4v) is 8.00. The number of morpholine rings is 1. The van der Waals surface area contributed by atoms with Crippen LogP contribution in [-0.2, 0) is 20.9 Å². The van der Waals surface area contributed by atoms with Crippen molar-refractivity contribution in [1.82, 2.24) is 20.1 Å². The fraction of sp³-hybridized carbons (Fsp3) is 0.333. The van der Waals surface area contributed by atoms with Crippen LogP contribution < -0.4 is 5.32 Å². The molecule has 0 unspecified atom stereocenters. The predicted octanol–water partition coefficient (Wildman–Crippen LogP) is 6.71. The molecule has 6 rings (SSSR count). The molecule has 2 aliphatic rings. The van der Waals surface area contributed by atoms with Gasteiger partial charge in [-0.05, 0) is 61.0 Å². The van der Waals surface area contributed by atoms with Crippen molar-refractivity contribution in [2.24, 2.45) is 0 Å². The number of fused-ring (bicyclic) bond motifs is 1. The van der Waals surface area contributed by atoms with E-state index in [0.717, 1.165) is 70.0 Å². The highest BCUT2D eigenvalue weighted by Crippen LogP contribution is 2.54. The number of ether oxygens (including phenoxy) is 1. The molecule has 2 atom stereocenters. The topological polar surface area (TPSA) is 77.7 Å². The van der Waals surface area contributed by atoms with Crippen LogP contribution in [0.15, 0.2) is 76.2 Å². The molecule has 2 amide bonds. The number of hydrogen-bond acceptors (Lipinski definition) is 5. The zero-order chi connectivity index (χ0) is 31.6. The lowest BCUT2D eigenvalue weighted by Crippen LogP contribution is -2.48. The average molecular weight is 718 g/mol. The number of rotatable bonds is 10. The average Bonchev–Trinajstić information content (AvgIpc) is 3.56. The number of nitrogens with one attached hydrogen (secondary N) is 2. The standard InChI is InChI=1S/C33H32BrClF2N4O3S/c34-22-4-2-21(3-5-22)20-41-30(42)18-33(45-24-7-9-27(36)28(37)17-24,32(43)38-10-1-11-40-12-14-44-15-13-40)31(41)26-19-39-29-16-23(35)6-8-25(26)29/h2-9,16-17,19,31,39H,1,10-15,18,20H2,(H,38,43)/t31-,33-/m0/s1. The molecule has 2 saturated heterocycles. The summed E-state index contributed by atoms with van der Waals surface area (Å²) in [7, 11) is 0. The van der Waals surface area contributed by atoms with Gasteiger partial charge in [-0.2, -0.15) is 0 Å². The zero-order valence-corrected chi connectivity index (χ0v) is 27.5. The van der Waals surface area contributed by atoms with Crippen molar-refractivity contribution in [2.45, 2.75) is 35.1 Å². The minimum Gasteiger partial charge on any atom is -0.379 e. The van der Waals surface area contributed by atoms with Gasteiger partial charge in [-0.15, -0.1) is 11.8 Å². The Balaban J connectivity index is 1.40. The number of H-pyrrole nitrogens is 1. The van der Waals surface area contributed by atoms with Gasteiger partial charge in [0.15, 0.2) is 11.6 Å². The number of halogens is 4. The highest BCUT2D eigenvalue weighted by atomic mass is 79.9. The van der Waals surface area contributed by atoms with Gasteiger partial charge in [0.05, 0.1) is 25.7 Å². The summed E-state index contributed by atoms with van der Waals surface area (Å²) in [6.45, 7) is 4.51. The Hall–Kier alpha value is -2.96. The van der Waals surface area contributed by atoms with E-state index < -0.39 is 22.4 Å². The Morgan fingerprint density at radius 2 is 1.87 bits per heavy atom. The van der Waals surface area contributed by atoms with Crippen molar-refractivity contribution >= 4 is 62.0 Å². The van der Waals surface area contributed by atoms with Crippen LogP contribution in [-0.4, -0.2) is 70.7 Å². The second-order valence-electron chi connectivity index (χ2n) is 11.3. The summed E-state index contributed by atoms with van der Waals surface area (Å²) in [5.41, 5.74) is 2.39. The monoisotopic (exact) mass is 716 g/mol. The van der Waals surface area contributed by atoms with E-state index in [1.54, 1.807) is 17.0 Å². The van der Waals surface area contributed by atoms with Gasteiger partial charge in [0, 0.05) is 63.2 Å². The third-order valence-electron chi connectivity index (χ3n) is 8.34. The van der Waals surface area contributed by atoms with E-state index in [1.165, 1.54) is 6.07 Å². The molecule has 7 nitrogen and oxygen atoms in total. The lowest BCUT2D eigenvalue weighted by molar-refractivity contribution is -0.129. The Morgan fingerprint density at radius 1 is 1.09 bits per heavy atom. The molecule has 236 valence electrons. The number of nitrogens with zero attached hydrogens (tertiary/aromatic N) is 2. The minimum absolute atomic E-state index is 0.132. The third-order valence-corrected chi connectivity index (χ3v) is 10.5. The van der Waals surface area contributed by atoms with Crippen molar-refractivity contribution < 1.29 is 23.1 Å². The number of aromatic amines is 1. The number of carbonyl (C=O) groups excluding carboxylic acids is 2. The minimum atomic E-state index is -1.40. The van der Waals surface area contributed by atoms with Crippen LogP contribution in [0.4, 0.5) is 8.78 Å². The molecule has 2 N–H and O–H groups in total. The molecule has 12 heteroatoms. The highest BCUT2D eigenvalue weighted by Gasteiger charge is 2.58. The van der Waals surface area contributed by atoms with E-state index in [2.05, 4.69) is 31.1 Å². The number of aromatic nitrogens is 1. The van der Waals surface area contributed by atoms with Crippen LogP contribution in [0.25, 0.3) is 10.9 Å². The van der Waals surface area contributed by atoms with Gasteiger partial charge in [-0.25, -0.2) is 8.78 Å². The molecule has 0 spiro atoms. The number of carbonyl (C=O) groups is 2. The molecular weight excluding hydrogens is 686 g/mol. The van der Waals surface area contributed by atoms with Crippen molar-refractivity contribution in [2.75, 3.05) is 39.4 Å². The summed E-state index contributed by atoms with van der Waals surface area (Å²) in [5, 5.41) is 4.47. The van der Waals surface area contributed by atoms with Gasteiger partial charge >= 0.3 is 0 Å². The molecule has 4 aromatic rings. The molecule has 2 fully saturated rings. The number of amides is 2. The summed E-state index contributed by atoms with van der Waals surface area (Å²) in [5.74, 6) is -2.55. The van der Waals surface area contributed by atoms with Crippen LogP contribution in [0.2, 0.25) is 5.02 Å². The van der Waals surface area contributed by atoms with E-state index in [4.69, 9.17) is 16.3 Å². The smallest absolute Gasteiger partial charge is 0.239 e. The van der Waals surface area contributed by atoms with Crippen molar-refractivity contribution in [1.29, 1.82) is 0 Å². The number of likely N-dealkylation sites (tertiary alicyclic amines) is 1. The van der Waals surface area contributed by atoms with E-state index in [1.807, 2.05) is 36.5 Å². The summed E-state index contributed by atoms with van der Waals surface area (Å²) < 4.78 is 33.4. The van der Waals surface area contributed by atoms with E-state index in [9.17, 15) is 18.4 Å². The lowest BCUT2D eigenvalue weighted by atomic mass is 9.91. The normalized spacial score (nSPS) is 20.7. The summed E-state index contributed by atoms with van der Waals surface area (Å²) >= 11 is 10.9. The zero-order valence-electron chi connectivity index (χ0n) is 24.3. The number of hydrogen-bond donors (Lipinski definition) is 2. The summed E-state index contributed by atoms with van der Waals surface area (Å²) in [6.07, 6.45) is 2.39. The first-order chi connectivity index (χ1) is 21.7. The van der Waals surface area contributed by atoms with E-state index >= 15 is 0 Å². The summed E-state index contributed by atoms with van der Waals surface area (Å²) in [6, 6.07) is 15.9. The predicted molar refractivity (Wildman–Crippen MR) is 175 cm³/mol. The van der Waals surface area contributed by atoms with Crippen LogP contribution in [0, 0.1) is 11.6 Å². The second-order valence-corrected chi connectivity index (χ2v) is 14.0. The van der Waals surface area contributed by atoms with Crippen LogP contribution in [0.3, 0.4) is 0 Å². The first-order valence-corrected chi connectivity index (χ1v) is 16.8. The van der Waals surface area contributed by atoms with Gasteiger partial charge in [-0.1, -0.05) is 45.7 Å². The first-order valence-electron chi connectivity index (χ1n) is 14.8. The van der Waals surface area contributed by atoms with Crippen LogP contribution in [0.5, 0.6) is 0 Å². The Labute approximate surface area is 277 Å². The first kappa shape index (κ1) is 32.0. The van der Waals surface area contributed by atoms with E-state index in [0.29, 0.717) is 36.1 Å². The largest absolute Gasteiger partial charge is 0.379 e. The maximum atomic E-state index is 14.5. The van der Waals surface area contributed by atoms with Gasteiger partial charge in [0.1, 0.15) is 4.75 Å². The molecule has 0 bridgehead atoms. The number of benzene rings is 3. The maximum absolute atomic E-state index is 14.5. The molecule has 1 aromatic heterocycles. The molecule has 3 heterocycles. The Morgan fingerprint density at radius 3 is 2.62 bits per heavy atom. The Kier molecular flexibility index (Phi) is 9.82. The van der Waals surface area contributed by atoms with Crippen molar-refractivity contribution in [3.05, 3.63) is 99.1 Å². The lowest BCUT2D eigenvalue weighted by Gasteiger charge is -2.36. The van der Waals surface area contributed by atoms with Crippen molar-refractivity contribution in [3.63, 3.8) is 0 Å². The van der Waals surface area contributed by atoms with Gasteiger partial charge in [0.25, 0.3) is 0 Å². The van der Waals surface area contributed by atoms with Gasteiger partial charge in [0.2, 0.25) is 11.8 Å². The third kappa shape index (κ3) is 6.92. The fourth-order valence-electron chi connectivity index (χ4n) is 6.12. The SMILES string of the molecule is O=C1C[C@@](Sc2ccc(F)c(F)c2)(C(=O)NCCCN2CCOCC2)[C@H](c2c[nH]c3cc(Cl)ccc23)N1Cc1ccc(Br)cc1. The number of thioether (sulfide) groups is 1. The van der Waals surface area contributed by atoms with Crippen LogP contribution >= 0.6 is 39.3 Å². The van der Waals surface area contributed by atoms with Crippen LogP contribution in [0.1, 0.15) is 30.0 Å². The molecule has 0 aliphatic carbocycles. The van der Waals surface area contributed by atoms with E-state index in [-0.39, 0.29) is 24.8 Å². The molecule has 0 radical (unpaired) electrons. The molecule has 45 heavy (non-hydrogen) atoms. The Bertz CT molecular complexity index is 1700. The molecule has 2 aliphatic heterocycles. The van der Waals surface area contributed by atoms with Gasteiger partial charge < -0.3 is 19.9 Å². The van der Waals surface area contributed by atoms with Crippen molar-refractivity contribution in [3.8, 4) is 0 Å².